The van der Waals surface area contributed by atoms with Crippen LogP contribution in [0.4, 0.5) is 0 Å². The fraction of sp³-hybridized carbons (Fsp3) is 0.636. The lowest BCUT2D eigenvalue weighted by molar-refractivity contribution is 0.617. The van der Waals surface area contributed by atoms with Crippen molar-refractivity contribution in [2.24, 2.45) is 0 Å². The molecule has 14 heavy (non-hydrogen) atoms. The highest BCUT2D eigenvalue weighted by Gasteiger charge is 2.08. The van der Waals surface area contributed by atoms with Gasteiger partial charge in [0, 0.05) is 11.8 Å². The summed E-state index contributed by atoms with van der Waals surface area (Å²) in [6.07, 6.45) is 1.15. The van der Waals surface area contributed by atoms with E-state index < -0.39 is 0 Å². The Morgan fingerprint density at radius 3 is 2.79 bits per heavy atom. The Kier molecular flexibility index (Phi) is 5.60. The predicted molar refractivity (Wildman–Crippen MR) is 68.5 cm³/mol. The molecular weight excluding hydrogens is 210 g/mol. The highest BCUT2D eigenvalue weighted by molar-refractivity contribution is 7.99. The van der Waals surface area contributed by atoms with Gasteiger partial charge >= 0.3 is 0 Å². The van der Waals surface area contributed by atoms with Gasteiger partial charge in [-0.1, -0.05) is 13.8 Å². The number of rotatable bonds is 6. The van der Waals surface area contributed by atoms with E-state index in [-0.39, 0.29) is 0 Å². The molecule has 0 aliphatic rings. The Labute approximate surface area is 95.3 Å². The molecule has 0 aliphatic carbocycles. The summed E-state index contributed by atoms with van der Waals surface area (Å²) in [5.74, 6) is 1.20. The van der Waals surface area contributed by atoms with Gasteiger partial charge in [-0.25, -0.2) is 0 Å². The molecule has 3 heteroatoms. The van der Waals surface area contributed by atoms with Gasteiger partial charge in [-0.15, -0.1) is 0 Å². The zero-order valence-electron chi connectivity index (χ0n) is 9.12. The summed E-state index contributed by atoms with van der Waals surface area (Å²) in [4.78, 5) is 0. The summed E-state index contributed by atoms with van der Waals surface area (Å²) in [6, 6.07) is 2.83. The number of likely N-dealkylation sites (N-methyl/N-ethyl adjacent to an activating group) is 1. The summed E-state index contributed by atoms with van der Waals surface area (Å²) < 4.78 is 0. The van der Waals surface area contributed by atoms with Gasteiger partial charge in [0.1, 0.15) is 0 Å². The van der Waals surface area contributed by atoms with Crippen molar-refractivity contribution >= 4 is 23.1 Å². The van der Waals surface area contributed by atoms with Crippen molar-refractivity contribution in [1.29, 1.82) is 0 Å². The molecule has 80 valence electrons. The van der Waals surface area contributed by atoms with E-state index in [0.717, 1.165) is 11.7 Å². The largest absolute Gasteiger partial charge is 0.316 e. The molecule has 1 atom stereocenters. The molecule has 1 unspecified atom stereocenters. The predicted octanol–water partition coefficient (Wildman–Crippen LogP) is 3.02. The summed E-state index contributed by atoms with van der Waals surface area (Å²) in [5.41, 5.74) is 1.46. The number of thiophene rings is 1. The third kappa shape index (κ3) is 4.49. The maximum atomic E-state index is 3.38. The van der Waals surface area contributed by atoms with Gasteiger partial charge in [0.15, 0.2) is 0 Å². The van der Waals surface area contributed by atoms with Crippen LogP contribution in [0.15, 0.2) is 16.8 Å². The molecule has 0 aliphatic heterocycles. The molecule has 1 aromatic rings. The van der Waals surface area contributed by atoms with Crippen LogP contribution in [-0.2, 0) is 6.42 Å². The fourth-order valence-electron chi connectivity index (χ4n) is 1.25. The zero-order chi connectivity index (χ0) is 10.4. The first kappa shape index (κ1) is 12.1. The molecule has 0 spiro atoms. The van der Waals surface area contributed by atoms with Crippen molar-refractivity contribution in [1.82, 2.24) is 5.32 Å². The molecular formula is C11H19NS2. The van der Waals surface area contributed by atoms with Crippen LogP contribution >= 0.6 is 23.1 Å². The normalized spacial score (nSPS) is 13.4. The van der Waals surface area contributed by atoms with Crippen molar-refractivity contribution in [3.8, 4) is 0 Å². The summed E-state index contributed by atoms with van der Waals surface area (Å²) in [7, 11) is 2.05. The second-order valence-corrected chi connectivity index (χ2v) is 6.09. The molecule has 1 N–H and O–H groups in total. The monoisotopic (exact) mass is 229 g/mol. The highest BCUT2D eigenvalue weighted by Crippen LogP contribution is 2.14. The van der Waals surface area contributed by atoms with Gasteiger partial charge in [-0.05, 0) is 41.1 Å². The van der Waals surface area contributed by atoms with E-state index in [1.165, 1.54) is 11.3 Å². The Bertz CT molecular complexity index is 231. The van der Waals surface area contributed by atoms with Crippen LogP contribution in [0.1, 0.15) is 19.4 Å². The third-order valence-corrected chi connectivity index (χ3v) is 4.09. The molecule has 1 heterocycles. The summed E-state index contributed by atoms with van der Waals surface area (Å²) >= 11 is 3.81. The number of hydrogen-bond acceptors (Lipinski definition) is 3. The fourth-order valence-corrected chi connectivity index (χ4v) is 2.83. The maximum absolute atomic E-state index is 3.38. The van der Waals surface area contributed by atoms with Crippen LogP contribution in [0, 0.1) is 0 Å². The van der Waals surface area contributed by atoms with Gasteiger partial charge in [-0.2, -0.15) is 23.1 Å². The van der Waals surface area contributed by atoms with Crippen LogP contribution in [0.3, 0.4) is 0 Å². The lowest BCUT2D eigenvalue weighted by Crippen LogP contribution is -2.30. The Morgan fingerprint density at radius 2 is 2.29 bits per heavy atom. The van der Waals surface area contributed by atoms with Crippen molar-refractivity contribution < 1.29 is 0 Å². The van der Waals surface area contributed by atoms with E-state index in [1.54, 1.807) is 11.3 Å². The number of nitrogens with one attached hydrogen (secondary N) is 1. The Balaban J connectivity index is 2.32. The molecule has 0 saturated heterocycles. The van der Waals surface area contributed by atoms with E-state index in [2.05, 4.69) is 43.0 Å². The standard InChI is InChI=1S/C11H19NS2/c1-9(2)14-8-11(12-3)6-10-4-5-13-7-10/h4-5,7,9,11-12H,6,8H2,1-3H3. The van der Waals surface area contributed by atoms with Crippen molar-refractivity contribution in [3.05, 3.63) is 22.4 Å². The molecule has 0 fully saturated rings. The van der Waals surface area contributed by atoms with E-state index in [9.17, 15) is 0 Å². The second-order valence-electron chi connectivity index (χ2n) is 3.70. The SMILES string of the molecule is CNC(CSC(C)C)Cc1ccsc1. The van der Waals surface area contributed by atoms with Crippen LogP contribution in [0.25, 0.3) is 0 Å². The van der Waals surface area contributed by atoms with E-state index in [0.29, 0.717) is 6.04 Å². The zero-order valence-corrected chi connectivity index (χ0v) is 10.8. The highest BCUT2D eigenvalue weighted by atomic mass is 32.2. The Hall–Kier alpha value is 0.01000. The number of hydrogen-bond donors (Lipinski definition) is 1. The van der Waals surface area contributed by atoms with Crippen LogP contribution in [0.5, 0.6) is 0 Å². The molecule has 0 saturated carbocycles. The quantitative estimate of drug-likeness (QED) is 0.805. The van der Waals surface area contributed by atoms with E-state index in [4.69, 9.17) is 0 Å². The number of thioether (sulfide) groups is 1. The van der Waals surface area contributed by atoms with Crippen LogP contribution in [-0.4, -0.2) is 24.1 Å². The van der Waals surface area contributed by atoms with Gasteiger partial charge in [0.2, 0.25) is 0 Å². The molecule has 1 nitrogen and oxygen atoms in total. The first-order chi connectivity index (χ1) is 6.72. The first-order valence-electron chi connectivity index (χ1n) is 5.02. The van der Waals surface area contributed by atoms with Crippen molar-refractivity contribution in [2.45, 2.75) is 31.6 Å². The summed E-state index contributed by atoms with van der Waals surface area (Å²) in [6.45, 7) is 4.50. The minimum absolute atomic E-state index is 0.608. The summed E-state index contributed by atoms with van der Waals surface area (Å²) in [5, 5.41) is 8.50. The molecule has 1 rings (SSSR count). The minimum atomic E-state index is 0.608. The second kappa shape index (κ2) is 6.49. The lowest BCUT2D eigenvalue weighted by atomic mass is 10.1. The van der Waals surface area contributed by atoms with E-state index >= 15 is 0 Å². The van der Waals surface area contributed by atoms with Crippen molar-refractivity contribution in [2.75, 3.05) is 12.8 Å². The van der Waals surface area contributed by atoms with Crippen LogP contribution < -0.4 is 5.32 Å². The van der Waals surface area contributed by atoms with Gasteiger partial charge in [0.25, 0.3) is 0 Å². The van der Waals surface area contributed by atoms with Gasteiger partial charge in [-0.3, -0.25) is 0 Å². The average Bonchev–Trinajstić information content (AvgIpc) is 2.64. The third-order valence-electron chi connectivity index (χ3n) is 2.10. The molecule has 0 aromatic carbocycles. The molecule has 1 aromatic heterocycles. The average molecular weight is 229 g/mol. The Morgan fingerprint density at radius 1 is 1.50 bits per heavy atom. The molecule has 0 amide bonds. The minimum Gasteiger partial charge on any atom is -0.316 e. The van der Waals surface area contributed by atoms with Gasteiger partial charge in [0.05, 0.1) is 0 Å². The molecule has 0 bridgehead atoms. The molecule has 0 radical (unpaired) electrons. The van der Waals surface area contributed by atoms with Crippen LogP contribution in [0.2, 0.25) is 0 Å². The maximum Gasteiger partial charge on any atom is 0.0195 e. The lowest BCUT2D eigenvalue weighted by Gasteiger charge is -2.16. The van der Waals surface area contributed by atoms with Crippen molar-refractivity contribution in [3.63, 3.8) is 0 Å². The van der Waals surface area contributed by atoms with Gasteiger partial charge < -0.3 is 5.32 Å². The topological polar surface area (TPSA) is 12.0 Å². The first-order valence-corrected chi connectivity index (χ1v) is 7.01. The smallest absolute Gasteiger partial charge is 0.0195 e. The van der Waals surface area contributed by atoms with E-state index in [1.807, 2.05) is 11.8 Å².